The summed E-state index contributed by atoms with van der Waals surface area (Å²) in [5.74, 6) is 0.308. The molecular weight excluding hydrogens is 420 g/mol. The molecule has 0 fully saturated rings. The predicted octanol–water partition coefficient (Wildman–Crippen LogP) is 7.93. The molecule has 1 N–H and O–H groups in total. The van der Waals surface area contributed by atoms with Gasteiger partial charge in [-0.15, -0.1) is 0 Å². The second kappa shape index (κ2) is 17.4. The monoisotopic (exact) mass is 468 g/mol. The first-order valence-corrected chi connectivity index (χ1v) is 14.7. The summed E-state index contributed by atoms with van der Waals surface area (Å²) in [5.41, 5.74) is 2.74. The second-order valence-corrected chi connectivity index (χ2v) is 10.8. The number of hydrogen-bond acceptors (Lipinski definition) is 3. The number of aryl methyl sites for hydroxylation is 2. The van der Waals surface area contributed by atoms with Crippen LogP contribution in [0.1, 0.15) is 122 Å². The van der Waals surface area contributed by atoms with Crippen LogP contribution >= 0.6 is 0 Å². The maximum atomic E-state index is 11.1. The van der Waals surface area contributed by atoms with E-state index in [1.807, 2.05) is 6.07 Å². The molecule has 1 aromatic carbocycles. The highest BCUT2D eigenvalue weighted by molar-refractivity contribution is 7.85. The molecule has 0 aliphatic rings. The Bertz CT molecular complexity index is 700. The second-order valence-electron chi connectivity index (χ2n) is 9.35. The summed E-state index contributed by atoms with van der Waals surface area (Å²) in [4.78, 5) is 0. The zero-order chi connectivity index (χ0) is 23.7. The van der Waals surface area contributed by atoms with Crippen molar-refractivity contribution in [1.29, 1.82) is 0 Å². The first kappa shape index (κ1) is 29.0. The quantitative estimate of drug-likeness (QED) is 0.156. The van der Waals surface area contributed by atoms with Crippen molar-refractivity contribution in [3.8, 4) is 5.75 Å². The van der Waals surface area contributed by atoms with Gasteiger partial charge < -0.3 is 4.74 Å². The van der Waals surface area contributed by atoms with Gasteiger partial charge in [0.15, 0.2) is 0 Å². The zero-order valence-corrected chi connectivity index (χ0v) is 21.7. The number of hydrogen-bond donors (Lipinski definition) is 1. The summed E-state index contributed by atoms with van der Waals surface area (Å²) in [7, 11) is -4.04. The molecule has 1 atom stereocenters. The molecule has 186 valence electrons. The standard InChI is InChI=1S/C27H48O4S/c1-4-6-8-10-12-14-16-18-25-20-21-27(31-24(3)23-32(28,29)30)22-26(25)19-17-15-13-11-9-7-5-2/h20-22,24H,4-19,23H2,1-3H3,(H,28,29,30). The lowest BCUT2D eigenvalue weighted by molar-refractivity contribution is 0.241. The van der Waals surface area contributed by atoms with Gasteiger partial charge in [-0.05, 0) is 55.9 Å². The van der Waals surface area contributed by atoms with Crippen molar-refractivity contribution in [3.63, 3.8) is 0 Å². The van der Waals surface area contributed by atoms with Crippen molar-refractivity contribution in [2.24, 2.45) is 0 Å². The van der Waals surface area contributed by atoms with Crippen molar-refractivity contribution in [2.75, 3.05) is 5.75 Å². The van der Waals surface area contributed by atoms with Crippen LogP contribution in [0, 0.1) is 0 Å². The largest absolute Gasteiger partial charge is 0.490 e. The number of benzene rings is 1. The summed E-state index contributed by atoms with van der Waals surface area (Å²) < 4.78 is 37.1. The van der Waals surface area contributed by atoms with Crippen molar-refractivity contribution < 1.29 is 17.7 Å². The van der Waals surface area contributed by atoms with Crippen LogP contribution in [0.15, 0.2) is 18.2 Å². The van der Waals surface area contributed by atoms with Gasteiger partial charge >= 0.3 is 0 Å². The summed E-state index contributed by atoms with van der Waals surface area (Å²) in [6.07, 6.45) is 19.7. The fourth-order valence-electron chi connectivity index (χ4n) is 4.26. The molecule has 4 nitrogen and oxygen atoms in total. The average molecular weight is 469 g/mol. The summed E-state index contributed by atoms with van der Waals surface area (Å²) in [6.45, 7) is 6.18. The Balaban J connectivity index is 2.61. The Kier molecular flexibility index (Phi) is 15.8. The van der Waals surface area contributed by atoms with Gasteiger partial charge in [0.05, 0.1) is 0 Å². The first-order chi connectivity index (χ1) is 15.4. The minimum Gasteiger partial charge on any atom is -0.490 e. The third-order valence-corrected chi connectivity index (χ3v) is 6.95. The Morgan fingerprint density at radius 1 is 0.750 bits per heavy atom. The topological polar surface area (TPSA) is 63.6 Å². The maximum absolute atomic E-state index is 11.1. The Morgan fingerprint density at radius 2 is 1.22 bits per heavy atom. The van der Waals surface area contributed by atoms with Gasteiger partial charge in [0.2, 0.25) is 0 Å². The van der Waals surface area contributed by atoms with Crippen LogP contribution in [0.2, 0.25) is 0 Å². The summed E-state index contributed by atoms with van der Waals surface area (Å²) >= 11 is 0. The van der Waals surface area contributed by atoms with Crippen LogP contribution < -0.4 is 4.74 Å². The molecule has 0 radical (unpaired) electrons. The van der Waals surface area contributed by atoms with Crippen LogP contribution in [0.3, 0.4) is 0 Å². The number of ether oxygens (including phenoxy) is 1. The zero-order valence-electron chi connectivity index (χ0n) is 20.9. The van der Waals surface area contributed by atoms with E-state index in [2.05, 4.69) is 26.0 Å². The van der Waals surface area contributed by atoms with E-state index in [4.69, 9.17) is 9.29 Å². The van der Waals surface area contributed by atoms with Gasteiger partial charge in [-0.3, -0.25) is 4.55 Å². The lowest BCUT2D eigenvalue weighted by Gasteiger charge is -2.16. The first-order valence-electron chi connectivity index (χ1n) is 13.1. The molecule has 0 saturated heterocycles. The van der Waals surface area contributed by atoms with E-state index in [9.17, 15) is 8.42 Å². The molecule has 0 saturated carbocycles. The van der Waals surface area contributed by atoms with Gasteiger partial charge in [0, 0.05) is 0 Å². The molecule has 0 aliphatic carbocycles. The molecule has 1 aromatic rings. The van der Waals surface area contributed by atoms with E-state index in [1.165, 1.54) is 101 Å². The van der Waals surface area contributed by atoms with E-state index in [1.54, 1.807) is 6.92 Å². The molecule has 5 heteroatoms. The molecule has 1 unspecified atom stereocenters. The molecular formula is C27H48O4S. The van der Waals surface area contributed by atoms with Crippen LogP contribution in [-0.2, 0) is 23.0 Å². The highest BCUT2D eigenvalue weighted by atomic mass is 32.2. The molecule has 0 spiro atoms. The normalized spacial score (nSPS) is 12.8. The third-order valence-electron chi connectivity index (χ3n) is 6.06. The molecule has 32 heavy (non-hydrogen) atoms. The van der Waals surface area contributed by atoms with E-state index >= 15 is 0 Å². The van der Waals surface area contributed by atoms with Crippen molar-refractivity contribution in [3.05, 3.63) is 29.3 Å². The highest BCUT2D eigenvalue weighted by Crippen LogP contribution is 2.24. The Hall–Kier alpha value is -1.07. The molecule has 1 rings (SSSR count). The number of unbranched alkanes of at least 4 members (excludes halogenated alkanes) is 12. The van der Waals surface area contributed by atoms with Crippen LogP contribution in [0.25, 0.3) is 0 Å². The van der Waals surface area contributed by atoms with Crippen molar-refractivity contribution >= 4 is 10.1 Å². The van der Waals surface area contributed by atoms with E-state index < -0.39 is 16.2 Å². The fraction of sp³-hybridized carbons (Fsp3) is 0.778. The highest BCUT2D eigenvalue weighted by Gasteiger charge is 2.14. The smallest absolute Gasteiger partial charge is 0.268 e. The van der Waals surface area contributed by atoms with Gasteiger partial charge in [-0.25, -0.2) is 0 Å². The van der Waals surface area contributed by atoms with Crippen molar-refractivity contribution in [1.82, 2.24) is 0 Å². The van der Waals surface area contributed by atoms with Gasteiger partial charge in [0.1, 0.15) is 17.6 Å². The summed E-state index contributed by atoms with van der Waals surface area (Å²) in [5, 5.41) is 0. The lowest BCUT2D eigenvalue weighted by Crippen LogP contribution is -2.23. The molecule has 0 aliphatic heterocycles. The summed E-state index contributed by atoms with van der Waals surface area (Å²) in [6, 6.07) is 6.20. The SMILES string of the molecule is CCCCCCCCCc1ccc(OC(C)CS(=O)(=O)O)cc1CCCCCCCCC. The average Bonchev–Trinajstić information content (AvgIpc) is 2.72. The van der Waals surface area contributed by atoms with Crippen LogP contribution in [0.5, 0.6) is 5.75 Å². The third kappa shape index (κ3) is 14.9. The number of rotatable bonds is 20. The van der Waals surface area contributed by atoms with Crippen LogP contribution in [0.4, 0.5) is 0 Å². The van der Waals surface area contributed by atoms with Crippen molar-refractivity contribution in [2.45, 2.75) is 130 Å². The molecule has 0 heterocycles. The van der Waals surface area contributed by atoms with Gasteiger partial charge in [-0.2, -0.15) is 8.42 Å². The molecule has 0 aromatic heterocycles. The molecule has 0 bridgehead atoms. The Labute approximate surface area is 198 Å². The van der Waals surface area contributed by atoms with E-state index in [0.29, 0.717) is 5.75 Å². The minimum absolute atomic E-state index is 0.389. The van der Waals surface area contributed by atoms with E-state index in [0.717, 1.165) is 12.8 Å². The fourth-order valence-corrected chi connectivity index (χ4v) is 4.92. The minimum atomic E-state index is -4.04. The molecule has 0 amide bonds. The van der Waals surface area contributed by atoms with E-state index in [-0.39, 0.29) is 5.75 Å². The van der Waals surface area contributed by atoms with Gasteiger partial charge in [-0.1, -0.05) is 97.0 Å². The van der Waals surface area contributed by atoms with Gasteiger partial charge in [0.25, 0.3) is 10.1 Å². The Morgan fingerprint density at radius 3 is 1.72 bits per heavy atom. The maximum Gasteiger partial charge on any atom is 0.268 e. The lowest BCUT2D eigenvalue weighted by atomic mass is 9.96. The predicted molar refractivity (Wildman–Crippen MR) is 136 cm³/mol. The van der Waals surface area contributed by atoms with Crippen LogP contribution in [-0.4, -0.2) is 24.8 Å².